The molecule has 0 saturated carbocycles. The minimum Gasteiger partial charge on any atom is -0.348 e. The van der Waals surface area contributed by atoms with Crippen LogP contribution >= 0.6 is 0 Å². The average Bonchev–Trinajstić information content (AvgIpc) is 2.56. The first-order valence-corrected chi connectivity index (χ1v) is 5.20. The van der Waals surface area contributed by atoms with Crippen molar-refractivity contribution >= 4 is 5.95 Å². The highest BCUT2D eigenvalue weighted by Crippen LogP contribution is 2.20. The molecule has 0 radical (unpaired) electrons. The summed E-state index contributed by atoms with van der Waals surface area (Å²) < 4.78 is 2.32. The van der Waals surface area contributed by atoms with E-state index in [1.807, 2.05) is 14.1 Å². The van der Waals surface area contributed by atoms with Crippen molar-refractivity contribution in [2.75, 3.05) is 25.5 Å². The summed E-state index contributed by atoms with van der Waals surface area (Å²) in [7, 11) is 4.10. The highest BCUT2D eigenvalue weighted by atomic mass is 15.3. The molecule has 0 aliphatic carbocycles. The van der Waals surface area contributed by atoms with Crippen LogP contribution in [0.2, 0.25) is 0 Å². The van der Waals surface area contributed by atoms with Gasteiger partial charge in [-0.25, -0.2) is 4.98 Å². The summed E-state index contributed by atoms with van der Waals surface area (Å²) in [4.78, 5) is 6.73. The summed E-state index contributed by atoms with van der Waals surface area (Å²) in [6.45, 7) is 5.18. The van der Waals surface area contributed by atoms with E-state index in [1.54, 1.807) is 0 Å². The summed E-state index contributed by atoms with van der Waals surface area (Å²) in [5.41, 5.74) is 2.64. The third-order valence-electron chi connectivity index (χ3n) is 2.68. The number of fused-ring (bicyclic) bond motifs is 1. The zero-order valence-corrected chi connectivity index (χ0v) is 9.17. The summed E-state index contributed by atoms with van der Waals surface area (Å²) >= 11 is 0. The Hall–Kier alpha value is -1.03. The molecule has 2 heterocycles. The smallest absolute Gasteiger partial charge is 0.205 e. The van der Waals surface area contributed by atoms with Gasteiger partial charge < -0.3 is 14.8 Å². The number of rotatable bonds is 2. The number of hydrogen-bond acceptors (Lipinski definition) is 3. The largest absolute Gasteiger partial charge is 0.348 e. The van der Waals surface area contributed by atoms with Gasteiger partial charge in [0.25, 0.3) is 0 Å². The van der Waals surface area contributed by atoms with Crippen LogP contribution in [-0.2, 0) is 19.5 Å². The Labute approximate surface area is 84.9 Å². The van der Waals surface area contributed by atoms with Gasteiger partial charge in [0.2, 0.25) is 5.95 Å². The van der Waals surface area contributed by atoms with E-state index < -0.39 is 0 Å². The molecule has 0 amide bonds. The fourth-order valence-corrected chi connectivity index (χ4v) is 2.03. The third-order valence-corrected chi connectivity index (χ3v) is 2.68. The van der Waals surface area contributed by atoms with Crippen molar-refractivity contribution < 1.29 is 0 Å². The molecule has 0 bridgehead atoms. The van der Waals surface area contributed by atoms with Gasteiger partial charge >= 0.3 is 0 Å². The number of nitrogens with one attached hydrogen (secondary N) is 1. The molecule has 2 rings (SSSR count). The third kappa shape index (κ3) is 1.39. The predicted octanol–water partition coefficient (Wildman–Crippen LogP) is 0.615. The lowest BCUT2D eigenvalue weighted by molar-refractivity contribution is 0.597. The van der Waals surface area contributed by atoms with Crippen molar-refractivity contribution in [1.82, 2.24) is 14.9 Å². The van der Waals surface area contributed by atoms with Gasteiger partial charge in [0.15, 0.2) is 0 Å². The SMILES string of the molecule is CCn1c(N(C)C)nc2c1CCNC2. The number of imidazole rings is 1. The maximum absolute atomic E-state index is 4.65. The minimum atomic E-state index is 0.920. The van der Waals surface area contributed by atoms with E-state index in [2.05, 4.69) is 26.7 Å². The first kappa shape index (κ1) is 9.52. The quantitative estimate of drug-likeness (QED) is 0.749. The molecule has 0 fully saturated rings. The van der Waals surface area contributed by atoms with Crippen LogP contribution < -0.4 is 10.2 Å². The van der Waals surface area contributed by atoms with E-state index in [-0.39, 0.29) is 0 Å². The number of nitrogens with zero attached hydrogens (tertiary/aromatic N) is 3. The van der Waals surface area contributed by atoms with E-state index in [4.69, 9.17) is 0 Å². The lowest BCUT2D eigenvalue weighted by atomic mass is 10.2. The lowest BCUT2D eigenvalue weighted by Crippen LogP contribution is -2.25. The van der Waals surface area contributed by atoms with E-state index in [0.717, 1.165) is 32.0 Å². The van der Waals surface area contributed by atoms with E-state index in [1.165, 1.54) is 11.4 Å². The molecule has 4 heteroatoms. The van der Waals surface area contributed by atoms with Crippen LogP contribution in [0.5, 0.6) is 0 Å². The van der Waals surface area contributed by atoms with E-state index >= 15 is 0 Å². The maximum atomic E-state index is 4.65. The molecule has 14 heavy (non-hydrogen) atoms. The normalized spacial score (nSPS) is 15.4. The highest BCUT2D eigenvalue weighted by Gasteiger charge is 2.19. The van der Waals surface area contributed by atoms with Crippen LogP contribution in [0.25, 0.3) is 0 Å². The van der Waals surface area contributed by atoms with Crippen LogP contribution in [0.3, 0.4) is 0 Å². The summed E-state index contributed by atoms with van der Waals surface area (Å²) in [6.07, 6.45) is 1.10. The molecule has 0 spiro atoms. The molecule has 4 nitrogen and oxygen atoms in total. The van der Waals surface area contributed by atoms with Gasteiger partial charge in [-0.05, 0) is 6.92 Å². The molecule has 1 aliphatic rings. The van der Waals surface area contributed by atoms with Crippen molar-refractivity contribution in [3.05, 3.63) is 11.4 Å². The number of hydrogen-bond donors (Lipinski definition) is 1. The van der Waals surface area contributed by atoms with Gasteiger partial charge in [-0.3, -0.25) is 0 Å². The Morgan fingerprint density at radius 2 is 2.29 bits per heavy atom. The predicted molar refractivity (Wildman–Crippen MR) is 57.6 cm³/mol. The van der Waals surface area contributed by atoms with Gasteiger partial charge in [0, 0.05) is 45.8 Å². The standard InChI is InChI=1S/C10H18N4/c1-4-14-9-5-6-11-7-8(9)12-10(14)13(2)3/h11H,4-7H2,1-3H3. The second-order valence-corrected chi connectivity index (χ2v) is 3.87. The molecule has 78 valence electrons. The van der Waals surface area contributed by atoms with Crippen molar-refractivity contribution in [1.29, 1.82) is 0 Å². The maximum Gasteiger partial charge on any atom is 0.205 e. The Balaban J connectivity index is 2.46. The molecule has 1 aromatic rings. The van der Waals surface area contributed by atoms with Crippen LogP contribution in [0.1, 0.15) is 18.3 Å². The van der Waals surface area contributed by atoms with Crippen molar-refractivity contribution in [2.24, 2.45) is 0 Å². The second kappa shape index (κ2) is 3.61. The van der Waals surface area contributed by atoms with Crippen molar-refractivity contribution in [3.63, 3.8) is 0 Å². The molecule has 1 N–H and O–H groups in total. The molecular weight excluding hydrogens is 176 g/mol. The molecule has 0 aromatic carbocycles. The molecule has 0 unspecified atom stereocenters. The number of aromatic nitrogens is 2. The van der Waals surface area contributed by atoms with Gasteiger partial charge in [0.1, 0.15) is 0 Å². The van der Waals surface area contributed by atoms with Gasteiger partial charge in [-0.1, -0.05) is 0 Å². The topological polar surface area (TPSA) is 33.1 Å². The van der Waals surface area contributed by atoms with Crippen LogP contribution in [0.15, 0.2) is 0 Å². The Bertz CT molecular complexity index is 327. The highest BCUT2D eigenvalue weighted by molar-refractivity contribution is 5.36. The van der Waals surface area contributed by atoms with Crippen molar-refractivity contribution in [2.45, 2.75) is 26.4 Å². The van der Waals surface area contributed by atoms with Gasteiger partial charge in [0.05, 0.1) is 5.69 Å². The van der Waals surface area contributed by atoms with Crippen LogP contribution in [-0.4, -0.2) is 30.2 Å². The molecular formula is C10H18N4. The summed E-state index contributed by atoms with van der Waals surface area (Å²) in [5, 5.41) is 3.35. The van der Waals surface area contributed by atoms with Crippen LogP contribution in [0, 0.1) is 0 Å². The van der Waals surface area contributed by atoms with Gasteiger partial charge in [-0.2, -0.15) is 0 Å². The minimum absolute atomic E-state index is 0.920. The average molecular weight is 194 g/mol. The number of anilines is 1. The first-order valence-electron chi connectivity index (χ1n) is 5.20. The Morgan fingerprint density at radius 1 is 1.50 bits per heavy atom. The van der Waals surface area contributed by atoms with Gasteiger partial charge in [-0.15, -0.1) is 0 Å². The Morgan fingerprint density at radius 3 is 2.93 bits per heavy atom. The summed E-state index contributed by atoms with van der Waals surface area (Å²) in [5.74, 6) is 1.08. The van der Waals surface area contributed by atoms with Crippen LogP contribution in [0.4, 0.5) is 5.95 Å². The van der Waals surface area contributed by atoms with E-state index in [9.17, 15) is 0 Å². The van der Waals surface area contributed by atoms with Crippen molar-refractivity contribution in [3.8, 4) is 0 Å². The van der Waals surface area contributed by atoms with E-state index in [0.29, 0.717) is 0 Å². The molecule has 0 saturated heterocycles. The molecule has 1 aliphatic heterocycles. The lowest BCUT2D eigenvalue weighted by Gasteiger charge is -2.16. The Kier molecular flexibility index (Phi) is 2.46. The zero-order valence-electron chi connectivity index (χ0n) is 9.17. The monoisotopic (exact) mass is 194 g/mol. The molecule has 0 atom stereocenters. The second-order valence-electron chi connectivity index (χ2n) is 3.87. The zero-order chi connectivity index (χ0) is 10.1. The fourth-order valence-electron chi connectivity index (χ4n) is 2.03. The molecule has 1 aromatic heterocycles. The summed E-state index contributed by atoms with van der Waals surface area (Å²) in [6, 6.07) is 0. The fraction of sp³-hybridized carbons (Fsp3) is 0.700. The first-order chi connectivity index (χ1) is 6.74.